The Kier molecular flexibility index (Phi) is 0.564. The highest BCUT2D eigenvalue weighted by atomic mass is 31.1. The van der Waals surface area contributed by atoms with Crippen LogP contribution < -0.4 is 4.89 Å². The van der Waals surface area contributed by atoms with E-state index in [1.807, 2.05) is 0 Å². The first kappa shape index (κ1) is 4.19. The largest absolute Gasteiger partial charge is 0.608 e. The molecule has 0 bridgehead atoms. The lowest BCUT2D eigenvalue weighted by atomic mass is 10.7. The van der Waals surface area contributed by atoms with Crippen molar-refractivity contribution < 1.29 is 10.00 Å². The zero-order valence-electron chi connectivity index (χ0n) is 3.25. The van der Waals surface area contributed by atoms with E-state index in [2.05, 4.69) is 4.74 Å². The fourth-order valence-electron chi connectivity index (χ4n) is 0.150. The molecule has 2 unspecified atom stereocenters. The van der Waals surface area contributed by atoms with Crippen LogP contribution in [0.4, 0.5) is 0 Å². The monoisotopic (exact) mass is 105 g/mol. The quantitative estimate of drug-likeness (QED) is 0.426. The van der Waals surface area contributed by atoms with Crippen LogP contribution in [0, 0.1) is 0 Å². The molecule has 0 aromatic heterocycles. The highest BCUT2D eigenvalue weighted by Gasteiger charge is 2.49. The van der Waals surface area contributed by atoms with Crippen molar-refractivity contribution in [3.63, 3.8) is 0 Å². The molecule has 0 saturated heterocycles. The molecule has 0 aromatic carbocycles. The van der Waals surface area contributed by atoms with E-state index in [4.69, 9.17) is 5.11 Å². The Bertz CT molecular complexity index is 108. The van der Waals surface area contributed by atoms with Gasteiger partial charge in [0, 0.05) is 6.92 Å². The van der Waals surface area contributed by atoms with Crippen molar-refractivity contribution in [2.75, 3.05) is 0 Å². The van der Waals surface area contributed by atoms with Gasteiger partial charge in [0.15, 0.2) is 0 Å². The Hall–Kier alpha value is 0.0200. The van der Waals surface area contributed by atoms with Crippen LogP contribution in [0.1, 0.15) is 6.92 Å². The summed E-state index contributed by atoms with van der Waals surface area (Å²) < 4.78 is 3.25. The van der Waals surface area contributed by atoms with Crippen LogP contribution >= 0.6 is 7.94 Å². The molecule has 34 valence electrons. The summed E-state index contributed by atoms with van der Waals surface area (Å²) in [5.74, 6) is 0. The minimum absolute atomic E-state index is 1.16. The molecule has 0 radical (unpaired) electrons. The van der Waals surface area contributed by atoms with Crippen molar-refractivity contribution in [1.82, 2.24) is 0 Å². The van der Waals surface area contributed by atoms with Crippen LogP contribution in [0.5, 0.6) is 0 Å². The number of hydrogen-bond acceptors (Lipinski definition) is 3. The van der Waals surface area contributed by atoms with Crippen molar-refractivity contribution in [3.05, 3.63) is 0 Å². The molecule has 0 spiro atoms. The first-order chi connectivity index (χ1) is 2.63. The van der Waals surface area contributed by atoms with E-state index in [1.54, 1.807) is 0 Å². The van der Waals surface area contributed by atoms with Gasteiger partial charge < -0.3 is 10.00 Å². The van der Waals surface area contributed by atoms with Crippen LogP contribution in [-0.4, -0.2) is 10.6 Å². The second-order valence-electron chi connectivity index (χ2n) is 1.34. The molecule has 6 heavy (non-hydrogen) atoms. The molecule has 1 aliphatic rings. The summed E-state index contributed by atoms with van der Waals surface area (Å²) in [4.78, 5) is 9.94. The van der Waals surface area contributed by atoms with Crippen molar-refractivity contribution in [2.45, 2.75) is 12.4 Å². The van der Waals surface area contributed by atoms with Gasteiger partial charge in [-0.25, -0.2) is 0 Å². The highest BCUT2D eigenvalue weighted by molar-refractivity contribution is 7.46. The maximum absolute atomic E-state index is 9.94. The van der Waals surface area contributed by atoms with Gasteiger partial charge in [-0.3, -0.25) is 0 Å². The van der Waals surface area contributed by atoms with Crippen molar-refractivity contribution in [2.24, 2.45) is 4.74 Å². The first-order valence-corrected chi connectivity index (χ1v) is 2.77. The van der Waals surface area contributed by atoms with Crippen LogP contribution in [0.2, 0.25) is 0 Å². The Morgan fingerprint density at radius 1 is 2.00 bits per heavy atom. The number of rotatable bonds is 0. The van der Waals surface area contributed by atoms with E-state index in [0.717, 1.165) is 0 Å². The maximum atomic E-state index is 9.94. The van der Waals surface area contributed by atoms with E-state index in [0.29, 0.717) is 0 Å². The summed E-state index contributed by atoms with van der Waals surface area (Å²) in [6, 6.07) is 0. The summed E-state index contributed by atoms with van der Waals surface area (Å²) in [7, 11) is -1.58. The Morgan fingerprint density at radius 3 is 2.17 bits per heavy atom. The molecule has 1 N–H and O–H groups in total. The van der Waals surface area contributed by atoms with Crippen molar-refractivity contribution in [1.29, 1.82) is 0 Å². The minimum atomic E-state index is -1.58. The smallest absolute Gasteiger partial charge is 0.369 e. The number of aliphatic hydroxyl groups is 1. The molecule has 4 heteroatoms. The molecule has 1 rings (SSSR count). The zero-order chi connectivity index (χ0) is 4.78. The Balaban J connectivity index is 2.53. The highest BCUT2D eigenvalue weighted by Crippen LogP contribution is 2.50. The van der Waals surface area contributed by atoms with Crippen molar-refractivity contribution >= 4 is 7.94 Å². The molecule has 0 amide bonds. The fraction of sp³-hybridized carbons (Fsp3) is 1.00. The van der Waals surface area contributed by atoms with Gasteiger partial charge >= 0.3 is 5.47 Å². The summed E-state index contributed by atoms with van der Waals surface area (Å²) in [5.41, 5.74) is -1.16. The molecular weight excluding hydrogens is 101 g/mol. The molecule has 0 aromatic rings. The maximum Gasteiger partial charge on any atom is 0.369 e. The third-order valence-corrected chi connectivity index (χ3v) is 1.81. The average molecular weight is 105 g/mol. The fourth-order valence-corrected chi connectivity index (χ4v) is 0.559. The van der Waals surface area contributed by atoms with Crippen LogP contribution in [-0.2, 0) is 0 Å². The predicted molar refractivity (Wildman–Crippen MR) is 20.0 cm³/mol. The lowest BCUT2D eigenvalue weighted by Gasteiger charge is -1.80. The first-order valence-electron chi connectivity index (χ1n) is 1.55. The second-order valence-corrected chi connectivity index (χ2v) is 2.94. The third kappa shape index (κ3) is 0.451. The van der Waals surface area contributed by atoms with Gasteiger partial charge in [-0.15, -0.1) is 0 Å². The summed E-state index contributed by atoms with van der Waals surface area (Å²) in [6.07, 6.45) is 0. The van der Waals surface area contributed by atoms with Gasteiger partial charge in [-0.2, -0.15) is 0 Å². The normalized spacial score (nSPS) is 48.2. The molecule has 0 fully saturated rings. The predicted octanol–water partition coefficient (Wildman–Crippen LogP) is -0.393. The van der Waals surface area contributed by atoms with Crippen LogP contribution in [0.25, 0.3) is 0 Å². The zero-order valence-corrected chi connectivity index (χ0v) is 4.14. The van der Waals surface area contributed by atoms with Gasteiger partial charge in [0.1, 0.15) is 0 Å². The molecular formula is C2H4NO2P. The summed E-state index contributed by atoms with van der Waals surface area (Å²) in [6.45, 7) is 1.42. The average Bonchev–Trinajstić information content (AvgIpc) is 1.73. The SMILES string of the molecule is CC1(O)N=[P+]1[O-]. The standard InChI is InChI=1S/C2H4NO2P/c1-2(4)3-6(2)5/h4H,1H3. The topological polar surface area (TPSA) is 55.7 Å². The second kappa shape index (κ2) is 0.808. The van der Waals surface area contributed by atoms with Gasteiger partial charge in [-0.05, 0) is 4.74 Å². The third-order valence-electron chi connectivity index (χ3n) is 0.603. The van der Waals surface area contributed by atoms with E-state index in [-0.39, 0.29) is 0 Å². The summed E-state index contributed by atoms with van der Waals surface area (Å²) >= 11 is 0. The Morgan fingerprint density at radius 2 is 2.17 bits per heavy atom. The van der Waals surface area contributed by atoms with Gasteiger partial charge in [-0.1, -0.05) is 0 Å². The van der Waals surface area contributed by atoms with Gasteiger partial charge in [0.25, 0.3) is 0 Å². The number of hydrogen-bond donors (Lipinski definition) is 1. The molecule has 3 nitrogen and oxygen atoms in total. The lowest BCUT2D eigenvalue weighted by Crippen LogP contribution is -2.02. The van der Waals surface area contributed by atoms with Gasteiger partial charge in [0.2, 0.25) is 7.94 Å². The van der Waals surface area contributed by atoms with E-state index in [1.165, 1.54) is 6.92 Å². The van der Waals surface area contributed by atoms with Crippen molar-refractivity contribution in [3.8, 4) is 0 Å². The molecule has 0 saturated carbocycles. The molecule has 1 aliphatic heterocycles. The molecule has 1 heterocycles. The summed E-state index contributed by atoms with van der Waals surface area (Å²) in [5, 5.41) is 8.45. The van der Waals surface area contributed by atoms with Crippen LogP contribution in [0.3, 0.4) is 0 Å². The molecule has 0 aliphatic carbocycles. The Labute approximate surface area is 36.2 Å². The van der Waals surface area contributed by atoms with E-state index >= 15 is 0 Å². The number of nitrogens with zero attached hydrogens (tertiary/aromatic N) is 1. The van der Waals surface area contributed by atoms with Crippen LogP contribution in [0.15, 0.2) is 4.74 Å². The van der Waals surface area contributed by atoms with Gasteiger partial charge in [0.05, 0.1) is 0 Å². The van der Waals surface area contributed by atoms with E-state index in [9.17, 15) is 4.89 Å². The van der Waals surface area contributed by atoms with E-state index < -0.39 is 13.4 Å². The lowest BCUT2D eigenvalue weighted by molar-refractivity contribution is -0.156. The molecule has 2 atom stereocenters. The minimum Gasteiger partial charge on any atom is -0.608 e.